The van der Waals surface area contributed by atoms with Gasteiger partial charge >= 0.3 is 6.03 Å². The van der Waals surface area contributed by atoms with Crippen molar-refractivity contribution in [1.82, 2.24) is 20.4 Å². The molecule has 4 rings (SSSR count). The molecule has 0 unspecified atom stereocenters. The summed E-state index contributed by atoms with van der Waals surface area (Å²) < 4.78 is 0. The molecule has 1 saturated heterocycles. The van der Waals surface area contributed by atoms with Crippen molar-refractivity contribution in [2.75, 3.05) is 24.5 Å². The third-order valence-corrected chi connectivity index (χ3v) is 6.22. The number of likely N-dealkylation sites (N-methyl/N-ethyl adjacent to an activating group) is 1. The largest absolute Gasteiger partial charge is 0.353 e. The highest BCUT2D eigenvalue weighted by Crippen LogP contribution is 2.41. The van der Waals surface area contributed by atoms with Crippen LogP contribution in [0.15, 0.2) is 36.5 Å². The molecule has 2 aromatic rings. The molecule has 1 aromatic carbocycles. The maximum atomic E-state index is 12.9. The van der Waals surface area contributed by atoms with Gasteiger partial charge in [-0.3, -0.25) is 0 Å². The Balaban J connectivity index is 1.34. The number of hydrogen-bond donors (Lipinski definition) is 1. The van der Waals surface area contributed by atoms with Crippen molar-refractivity contribution in [3.63, 3.8) is 0 Å². The summed E-state index contributed by atoms with van der Waals surface area (Å²) >= 11 is 6.13. The van der Waals surface area contributed by atoms with Gasteiger partial charge in [-0.05, 0) is 56.0 Å². The average molecular weight is 400 g/mol. The highest BCUT2D eigenvalue weighted by Gasteiger charge is 2.41. The van der Waals surface area contributed by atoms with Crippen LogP contribution in [0, 0.1) is 6.92 Å². The van der Waals surface area contributed by atoms with Gasteiger partial charge in [0.2, 0.25) is 0 Å². The number of urea groups is 1. The van der Waals surface area contributed by atoms with E-state index in [0.29, 0.717) is 12.5 Å². The zero-order valence-corrected chi connectivity index (χ0v) is 17.1. The van der Waals surface area contributed by atoms with Crippen molar-refractivity contribution in [3.8, 4) is 0 Å². The lowest BCUT2D eigenvalue weighted by Crippen LogP contribution is -2.48. The molecule has 6 nitrogen and oxygen atoms in total. The molecule has 28 heavy (non-hydrogen) atoms. The summed E-state index contributed by atoms with van der Waals surface area (Å²) in [6.07, 6.45) is 3.61. The maximum Gasteiger partial charge on any atom is 0.317 e. The molecule has 1 aliphatic carbocycles. The van der Waals surface area contributed by atoms with Crippen molar-refractivity contribution in [2.24, 2.45) is 0 Å². The van der Waals surface area contributed by atoms with E-state index >= 15 is 0 Å². The van der Waals surface area contributed by atoms with E-state index in [2.05, 4.69) is 32.5 Å². The molecule has 1 N–H and O–H groups in total. The van der Waals surface area contributed by atoms with Crippen LogP contribution in [0.4, 0.5) is 10.6 Å². The number of rotatable bonds is 5. The summed E-state index contributed by atoms with van der Waals surface area (Å²) in [6, 6.07) is 10.4. The molecule has 2 amide bonds. The Labute approximate surface area is 170 Å². The van der Waals surface area contributed by atoms with Crippen LogP contribution in [-0.2, 0) is 0 Å². The number of nitrogens with zero attached hydrogens (tertiary/aromatic N) is 4. The summed E-state index contributed by atoms with van der Waals surface area (Å²) in [4.78, 5) is 17.1. The zero-order chi connectivity index (χ0) is 19.7. The van der Waals surface area contributed by atoms with Crippen LogP contribution in [0.3, 0.4) is 0 Å². The van der Waals surface area contributed by atoms with Gasteiger partial charge in [0.05, 0.1) is 6.04 Å². The number of amides is 2. The molecular weight excluding hydrogens is 374 g/mol. The molecule has 2 heterocycles. The molecule has 1 saturated carbocycles. The van der Waals surface area contributed by atoms with Crippen LogP contribution in [0.2, 0.25) is 5.02 Å². The maximum absolute atomic E-state index is 12.9. The second-order valence-corrected chi connectivity index (χ2v) is 8.07. The average Bonchev–Trinajstić information content (AvgIpc) is 3.29. The van der Waals surface area contributed by atoms with Crippen LogP contribution < -0.4 is 10.2 Å². The first kappa shape index (κ1) is 19.0. The van der Waals surface area contributed by atoms with Gasteiger partial charge in [0.25, 0.3) is 0 Å². The van der Waals surface area contributed by atoms with Crippen molar-refractivity contribution in [3.05, 3.63) is 52.7 Å². The first-order valence-electron chi connectivity index (χ1n) is 9.92. The molecule has 2 fully saturated rings. The van der Waals surface area contributed by atoms with E-state index in [4.69, 9.17) is 11.6 Å². The normalized spacial score (nSPS) is 23.5. The predicted octanol–water partition coefficient (Wildman–Crippen LogP) is 3.60. The lowest BCUT2D eigenvalue weighted by Gasteiger charge is -2.28. The summed E-state index contributed by atoms with van der Waals surface area (Å²) in [7, 11) is 0. The summed E-state index contributed by atoms with van der Waals surface area (Å²) in [5.41, 5.74) is 2.34. The van der Waals surface area contributed by atoms with E-state index in [0.717, 1.165) is 42.3 Å². The van der Waals surface area contributed by atoms with Gasteiger partial charge in [0, 0.05) is 42.8 Å². The third kappa shape index (κ3) is 3.92. The van der Waals surface area contributed by atoms with Crippen molar-refractivity contribution in [1.29, 1.82) is 0 Å². The number of hydrogen-bond acceptors (Lipinski definition) is 4. The van der Waals surface area contributed by atoms with Gasteiger partial charge in [-0.25, -0.2) is 4.79 Å². The Kier molecular flexibility index (Phi) is 5.40. The molecule has 148 valence electrons. The quantitative estimate of drug-likeness (QED) is 0.834. The lowest BCUT2D eigenvalue weighted by atomic mass is 10.1. The Morgan fingerprint density at radius 1 is 1.39 bits per heavy atom. The SMILES string of the molecule is CCN(C(=O)N[C@H]1C[C@@H]1c1ccc(Cl)c(C)c1)[C@H]1CCN(c2cccnn2)C1. The van der Waals surface area contributed by atoms with E-state index in [1.165, 1.54) is 5.56 Å². The third-order valence-electron chi connectivity index (χ3n) is 5.80. The number of anilines is 1. The highest BCUT2D eigenvalue weighted by atomic mass is 35.5. The number of halogens is 1. The summed E-state index contributed by atoms with van der Waals surface area (Å²) in [5, 5.41) is 12.2. The predicted molar refractivity (Wildman–Crippen MR) is 111 cm³/mol. The topological polar surface area (TPSA) is 61.4 Å². The van der Waals surface area contributed by atoms with E-state index < -0.39 is 0 Å². The Morgan fingerprint density at radius 3 is 2.96 bits per heavy atom. The van der Waals surface area contributed by atoms with Gasteiger partial charge in [-0.2, -0.15) is 5.10 Å². The number of carbonyl (C=O) groups excluding carboxylic acids is 1. The Bertz CT molecular complexity index is 846. The lowest BCUT2D eigenvalue weighted by molar-refractivity contribution is 0.182. The molecule has 2 aliphatic rings. The van der Waals surface area contributed by atoms with Gasteiger partial charge < -0.3 is 15.1 Å². The van der Waals surface area contributed by atoms with Crippen LogP contribution in [0.5, 0.6) is 0 Å². The molecule has 7 heteroatoms. The monoisotopic (exact) mass is 399 g/mol. The minimum Gasteiger partial charge on any atom is -0.353 e. The number of nitrogens with one attached hydrogen (secondary N) is 1. The first-order valence-corrected chi connectivity index (χ1v) is 10.3. The van der Waals surface area contributed by atoms with E-state index in [1.807, 2.05) is 36.9 Å². The molecule has 0 radical (unpaired) electrons. The number of carbonyl (C=O) groups is 1. The summed E-state index contributed by atoms with van der Waals surface area (Å²) in [5.74, 6) is 1.26. The molecule has 1 aliphatic heterocycles. The van der Waals surface area contributed by atoms with Gasteiger partial charge in [-0.1, -0.05) is 23.7 Å². The fourth-order valence-electron chi connectivity index (χ4n) is 4.10. The minimum atomic E-state index is 0.0340. The van der Waals surface area contributed by atoms with Gasteiger partial charge in [0.1, 0.15) is 0 Å². The fraction of sp³-hybridized carbons (Fsp3) is 0.476. The Morgan fingerprint density at radius 2 is 2.25 bits per heavy atom. The van der Waals surface area contributed by atoms with E-state index in [9.17, 15) is 4.79 Å². The second kappa shape index (κ2) is 7.95. The smallest absolute Gasteiger partial charge is 0.317 e. The molecule has 0 bridgehead atoms. The first-order chi connectivity index (χ1) is 13.6. The van der Waals surface area contributed by atoms with Crippen LogP contribution in [0.25, 0.3) is 0 Å². The van der Waals surface area contributed by atoms with Crippen LogP contribution in [0.1, 0.15) is 36.8 Å². The summed E-state index contributed by atoms with van der Waals surface area (Å²) in [6.45, 7) is 6.44. The second-order valence-electron chi connectivity index (χ2n) is 7.66. The highest BCUT2D eigenvalue weighted by molar-refractivity contribution is 6.31. The van der Waals surface area contributed by atoms with Crippen LogP contribution >= 0.6 is 11.6 Å². The number of benzene rings is 1. The minimum absolute atomic E-state index is 0.0340. The molecule has 3 atom stereocenters. The van der Waals surface area contributed by atoms with Crippen molar-refractivity contribution >= 4 is 23.4 Å². The van der Waals surface area contributed by atoms with Gasteiger partial charge in [-0.15, -0.1) is 5.10 Å². The Hall–Kier alpha value is -2.34. The van der Waals surface area contributed by atoms with Crippen molar-refractivity contribution in [2.45, 2.75) is 44.7 Å². The van der Waals surface area contributed by atoms with Gasteiger partial charge in [0.15, 0.2) is 5.82 Å². The zero-order valence-electron chi connectivity index (χ0n) is 16.3. The fourth-order valence-corrected chi connectivity index (χ4v) is 4.21. The van der Waals surface area contributed by atoms with E-state index in [1.54, 1.807) is 6.20 Å². The van der Waals surface area contributed by atoms with E-state index in [-0.39, 0.29) is 18.1 Å². The number of aryl methyl sites for hydroxylation is 1. The van der Waals surface area contributed by atoms with Crippen molar-refractivity contribution < 1.29 is 4.79 Å². The molecular formula is C21H26ClN5O. The standard InChI is InChI=1S/C21H26ClN5O/c1-3-27(16-8-10-26(13-16)20-5-4-9-23-25-20)21(28)24-19-12-17(19)15-6-7-18(22)14(2)11-15/h4-7,9,11,16-17,19H,3,8,10,12-13H2,1-2H3,(H,24,28)/t16-,17+,19-/m0/s1. The number of aromatic nitrogens is 2. The molecule has 1 aromatic heterocycles. The molecule has 0 spiro atoms. The van der Waals surface area contributed by atoms with Crippen LogP contribution in [-0.4, -0.2) is 52.8 Å².